The van der Waals surface area contributed by atoms with E-state index in [0.717, 1.165) is 0 Å². The molecule has 3 rings (SSSR count). The van der Waals surface area contributed by atoms with Crippen LogP contribution in [-0.4, -0.2) is 27.3 Å². The number of H-pyrrole nitrogens is 1. The summed E-state index contributed by atoms with van der Waals surface area (Å²) in [5.41, 5.74) is 1.08. The molecule has 0 saturated heterocycles. The molecular weight excluding hydrogens is 385 g/mol. The lowest BCUT2D eigenvalue weighted by Crippen LogP contribution is -2.30. The van der Waals surface area contributed by atoms with E-state index in [4.69, 9.17) is 23.2 Å². The van der Waals surface area contributed by atoms with Crippen LogP contribution in [0.4, 0.5) is 0 Å². The molecule has 0 saturated carbocycles. The summed E-state index contributed by atoms with van der Waals surface area (Å²) in [4.78, 5) is 33.5. The van der Waals surface area contributed by atoms with Gasteiger partial charge in [-0.1, -0.05) is 41.4 Å². The highest BCUT2D eigenvalue weighted by molar-refractivity contribution is 6.35. The molecule has 0 bridgehead atoms. The molecule has 0 atom stereocenters. The summed E-state index contributed by atoms with van der Waals surface area (Å²) >= 11 is 12.0. The van der Waals surface area contributed by atoms with Gasteiger partial charge in [0, 0.05) is 22.7 Å². The molecule has 0 aliphatic rings. The number of rotatable bonds is 5. The number of likely N-dealkylation sites (N-methyl/N-ethyl adjacent to an activating group) is 1. The van der Waals surface area contributed by atoms with Gasteiger partial charge in [0.15, 0.2) is 0 Å². The quantitative estimate of drug-likeness (QED) is 0.648. The Morgan fingerprint density at radius 1 is 1.22 bits per heavy atom. The molecule has 1 heterocycles. The van der Waals surface area contributed by atoms with Crippen molar-refractivity contribution in [3.8, 4) is 0 Å². The number of fused-ring (bicyclic) bond motifs is 1. The van der Waals surface area contributed by atoms with E-state index < -0.39 is 0 Å². The molecule has 27 heavy (non-hydrogen) atoms. The topological polar surface area (TPSA) is 66.1 Å². The third kappa shape index (κ3) is 4.56. The first-order valence-electron chi connectivity index (χ1n) is 8.38. The molecule has 3 aromatic rings. The van der Waals surface area contributed by atoms with Crippen LogP contribution in [0.5, 0.6) is 0 Å². The highest BCUT2D eigenvalue weighted by atomic mass is 35.5. The van der Waals surface area contributed by atoms with Crippen LogP contribution in [0.15, 0.2) is 53.3 Å². The van der Waals surface area contributed by atoms with E-state index in [1.54, 1.807) is 47.4 Å². The van der Waals surface area contributed by atoms with Crippen molar-refractivity contribution >= 4 is 46.1 Å². The maximum Gasteiger partial charge on any atom is 0.258 e. The Morgan fingerprint density at radius 2 is 2.00 bits per heavy atom. The summed E-state index contributed by atoms with van der Waals surface area (Å²) in [6.07, 6.45) is 3.08. The number of hydrogen-bond donors (Lipinski definition) is 1. The zero-order chi connectivity index (χ0) is 19.4. The number of carbonyl (C=O) groups is 1. The molecule has 0 aliphatic heterocycles. The van der Waals surface area contributed by atoms with E-state index in [2.05, 4.69) is 9.97 Å². The smallest absolute Gasteiger partial charge is 0.258 e. The second-order valence-electron chi connectivity index (χ2n) is 5.88. The normalized spacial score (nSPS) is 11.2. The lowest BCUT2D eigenvalue weighted by Gasteiger charge is -2.18. The first kappa shape index (κ1) is 19.1. The Labute approximate surface area is 166 Å². The second-order valence-corrected chi connectivity index (χ2v) is 6.72. The van der Waals surface area contributed by atoms with Crippen molar-refractivity contribution in [1.29, 1.82) is 0 Å². The van der Waals surface area contributed by atoms with E-state index in [1.807, 2.05) is 13.0 Å². The van der Waals surface area contributed by atoms with Crippen LogP contribution in [0.3, 0.4) is 0 Å². The highest BCUT2D eigenvalue weighted by Crippen LogP contribution is 2.22. The number of carbonyl (C=O) groups excluding carboxylic acids is 1. The van der Waals surface area contributed by atoms with Crippen molar-refractivity contribution < 1.29 is 4.79 Å². The van der Waals surface area contributed by atoms with Gasteiger partial charge in [-0.3, -0.25) is 9.59 Å². The Kier molecular flexibility index (Phi) is 5.94. The van der Waals surface area contributed by atoms with E-state index in [1.165, 1.54) is 6.08 Å². The van der Waals surface area contributed by atoms with E-state index in [0.29, 0.717) is 38.9 Å². The molecule has 1 amide bonds. The summed E-state index contributed by atoms with van der Waals surface area (Å²) in [5, 5.41) is 1.52. The van der Waals surface area contributed by atoms with Gasteiger partial charge in [0.25, 0.3) is 5.56 Å². The molecule has 0 fully saturated rings. The number of benzene rings is 2. The molecule has 2 aromatic carbocycles. The number of halogens is 2. The van der Waals surface area contributed by atoms with Crippen molar-refractivity contribution in [3.05, 3.63) is 80.3 Å². The maximum absolute atomic E-state index is 12.5. The molecule has 0 radical (unpaired) electrons. The predicted octanol–water partition coefficient (Wildman–Crippen LogP) is 4.29. The lowest BCUT2D eigenvalue weighted by molar-refractivity contribution is -0.126. The summed E-state index contributed by atoms with van der Waals surface area (Å²) in [7, 11) is 0. The van der Waals surface area contributed by atoms with Gasteiger partial charge < -0.3 is 9.88 Å². The average molecular weight is 402 g/mol. The first-order chi connectivity index (χ1) is 13.0. The Hall–Kier alpha value is -2.63. The number of nitrogens with one attached hydrogen (secondary N) is 1. The zero-order valence-electron chi connectivity index (χ0n) is 14.6. The first-order valence-corrected chi connectivity index (χ1v) is 9.13. The fourth-order valence-corrected chi connectivity index (χ4v) is 3.11. The van der Waals surface area contributed by atoms with Crippen molar-refractivity contribution in [1.82, 2.24) is 14.9 Å². The van der Waals surface area contributed by atoms with E-state index in [-0.39, 0.29) is 18.0 Å². The van der Waals surface area contributed by atoms with Crippen LogP contribution in [0.25, 0.3) is 17.0 Å². The van der Waals surface area contributed by atoms with Crippen molar-refractivity contribution in [2.45, 2.75) is 13.5 Å². The molecule has 5 nitrogen and oxygen atoms in total. The largest absolute Gasteiger partial charge is 0.332 e. The van der Waals surface area contributed by atoms with E-state index >= 15 is 0 Å². The van der Waals surface area contributed by atoms with Gasteiger partial charge in [-0.25, -0.2) is 4.98 Å². The maximum atomic E-state index is 12.5. The van der Waals surface area contributed by atoms with Gasteiger partial charge in [-0.2, -0.15) is 0 Å². The van der Waals surface area contributed by atoms with Crippen LogP contribution < -0.4 is 5.56 Å². The molecule has 7 heteroatoms. The van der Waals surface area contributed by atoms with Crippen LogP contribution in [-0.2, 0) is 11.3 Å². The molecule has 0 aliphatic carbocycles. The minimum atomic E-state index is -0.220. The standard InChI is InChI=1S/C20H17Cl2N3O2/c1-2-25(19(26)10-8-13-7-9-14(21)11-16(13)22)12-18-23-17-6-4-3-5-15(17)20(27)24-18/h3-11H,2,12H2,1H3,(H,23,24,27)/b10-8+. The molecule has 1 N–H and O–H groups in total. The third-order valence-electron chi connectivity index (χ3n) is 4.06. The van der Waals surface area contributed by atoms with Gasteiger partial charge in [-0.15, -0.1) is 0 Å². The Balaban J connectivity index is 1.79. The summed E-state index contributed by atoms with van der Waals surface area (Å²) in [6, 6.07) is 12.2. The van der Waals surface area contributed by atoms with Crippen LogP contribution in [0.1, 0.15) is 18.3 Å². The molecular formula is C20H17Cl2N3O2. The predicted molar refractivity (Wildman–Crippen MR) is 109 cm³/mol. The minimum absolute atomic E-state index is 0.202. The number of aromatic nitrogens is 2. The van der Waals surface area contributed by atoms with Crippen LogP contribution in [0.2, 0.25) is 10.0 Å². The summed E-state index contributed by atoms with van der Waals surface area (Å²) < 4.78 is 0. The van der Waals surface area contributed by atoms with Gasteiger partial charge in [-0.05, 0) is 42.8 Å². The molecule has 1 aromatic heterocycles. The monoisotopic (exact) mass is 401 g/mol. The number of aromatic amines is 1. The second kappa shape index (κ2) is 8.37. The summed E-state index contributed by atoms with van der Waals surface area (Å²) in [6.45, 7) is 2.53. The van der Waals surface area contributed by atoms with Gasteiger partial charge in [0.05, 0.1) is 17.4 Å². The van der Waals surface area contributed by atoms with Gasteiger partial charge in [0.2, 0.25) is 5.91 Å². The number of hydrogen-bond acceptors (Lipinski definition) is 3. The Bertz CT molecular complexity index is 1080. The number of amides is 1. The zero-order valence-corrected chi connectivity index (χ0v) is 16.1. The number of para-hydroxylation sites is 1. The fraction of sp³-hybridized carbons (Fsp3) is 0.150. The van der Waals surface area contributed by atoms with Crippen molar-refractivity contribution in [2.75, 3.05) is 6.54 Å². The summed E-state index contributed by atoms with van der Waals surface area (Å²) in [5.74, 6) is 0.228. The van der Waals surface area contributed by atoms with E-state index in [9.17, 15) is 9.59 Å². The third-order valence-corrected chi connectivity index (χ3v) is 4.63. The lowest BCUT2D eigenvalue weighted by atomic mass is 10.2. The average Bonchev–Trinajstić information content (AvgIpc) is 2.65. The van der Waals surface area contributed by atoms with Gasteiger partial charge in [0.1, 0.15) is 5.82 Å². The van der Waals surface area contributed by atoms with Crippen LogP contribution in [0, 0.1) is 0 Å². The van der Waals surface area contributed by atoms with Gasteiger partial charge >= 0.3 is 0 Å². The van der Waals surface area contributed by atoms with Crippen molar-refractivity contribution in [3.63, 3.8) is 0 Å². The highest BCUT2D eigenvalue weighted by Gasteiger charge is 2.12. The molecule has 0 spiro atoms. The van der Waals surface area contributed by atoms with Crippen molar-refractivity contribution in [2.24, 2.45) is 0 Å². The molecule has 0 unspecified atom stereocenters. The Morgan fingerprint density at radius 3 is 2.74 bits per heavy atom. The van der Waals surface area contributed by atoms with Crippen LogP contribution >= 0.6 is 23.2 Å². The fourth-order valence-electron chi connectivity index (χ4n) is 2.64. The molecule has 138 valence electrons. The minimum Gasteiger partial charge on any atom is -0.332 e. The SMILES string of the molecule is CCN(Cc1nc2ccccc2c(=O)[nH]1)C(=O)/C=C/c1ccc(Cl)cc1Cl. The number of nitrogens with zero attached hydrogens (tertiary/aromatic N) is 2.